The van der Waals surface area contributed by atoms with Crippen LogP contribution in [-0.4, -0.2) is 15.6 Å². The average molecular weight is 245 g/mol. The van der Waals surface area contributed by atoms with E-state index < -0.39 is 0 Å². The van der Waals surface area contributed by atoms with Gasteiger partial charge in [0.25, 0.3) is 0 Å². The fourth-order valence-electron chi connectivity index (χ4n) is 2.92. The molecule has 0 radical (unpaired) electrons. The summed E-state index contributed by atoms with van der Waals surface area (Å²) in [5.41, 5.74) is 7.86. The highest BCUT2D eigenvalue weighted by Gasteiger charge is 2.20. The Morgan fingerprint density at radius 1 is 1.22 bits per heavy atom. The number of imidazole rings is 1. The van der Waals surface area contributed by atoms with E-state index in [1.807, 2.05) is 28.8 Å². The number of H-pyrrole nitrogens is 1. The van der Waals surface area contributed by atoms with Crippen LogP contribution in [0.2, 0.25) is 0 Å². The molecule has 2 aromatic rings. The van der Waals surface area contributed by atoms with Gasteiger partial charge in [0.15, 0.2) is 0 Å². The summed E-state index contributed by atoms with van der Waals surface area (Å²) in [5, 5.41) is 0. The third-order valence-electron chi connectivity index (χ3n) is 4.01. The number of aromatic nitrogens is 2. The second kappa shape index (κ2) is 4.61. The number of para-hydroxylation sites is 2. The number of rotatable bonds is 2. The van der Waals surface area contributed by atoms with Crippen molar-refractivity contribution >= 4 is 11.0 Å². The van der Waals surface area contributed by atoms with Crippen molar-refractivity contribution in [3.63, 3.8) is 0 Å². The lowest BCUT2D eigenvalue weighted by Crippen LogP contribution is -2.30. The molecule has 0 atom stereocenters. The molecule has 0 amide bonds. The van der Waals surface area contributed by atoms with Crippen LogP contribution in [0.1, 0.15) is 25.7 Å². The number of nitrogens with zero attached hydrogens (tertiary/aromatic N) is 1. The van der Waals surface area contributed by atoms with E-state index in [2.05, 4.69) is 4.98 Å². The zero-order chi connectivity index (χ0) is 12.5. The molecule has 1 aromatic carbocycles. The number of benzene rings is 1. The molecular weight excluding hydrogens is 226 g/mol. The number of hydrogen-bond acceptors (Lipinski definition) is 2. The molecule has 1 heterocycles. The van der Waals surface area contributed by atoms with Crippen molar-refractivity contribution in [2.45, 2.75) is 38.3 Å². The number of hydrogen-bond donors (Lipinski definition) is 2. The minimum absolute atomic E-state index is 0.00562. The third kappa shape index (κ3) is 2.08. The highest BCUT2D eigenvalue weighted by molar-refractivity contribution is 5.74. The molecule has 0 unspecified atom stereocenters. The number of nitrogens with one attached hydrogen (secondary N) is 1. The zero-order valence-electron chi connectivity index (χ0n) is 10.4. The predicted octanol–water partition coefficient (Wildman–Crippen LogP) is 1.85. The Morgan fingerprint density at radius 3 is 2.72 bits per heavy atom. The second-order valence-electron chi connectivity index (χ2n) is 5.34. The first-order valence-electron chi connectivity index (χ1n) is 6.67. The predicted molar refractivity (Wildman–Crippen MR) is 72.5 cm³/mol. The summed E-state index contributed by atoms with van der Waals surface area (Å²) < 4.78 is 1.87. The van der Waals surface area contributed by atoms with Crippen molar-refractivity contribution < 1.29 is 0 Å². The van der Waals surface area contributed by atoms with Crippen molar-refractivity contribution in [2.24, 2.45) is 11.7 Å². The number of aromatic amines is 1. The van der Waals surface area contributed by atoms with Gasteiger partial charge in [-0.1, -0.05) is 12.1 Å². The fourth-order valence-corrected chi connectivity index (χ4v) is 2.92. The average Bonchev–Trinajstić information content (AvgIpc) is 2.69. The monoisotopic (exact) mass is 245 g/mol. The molecule has 4 heteroatoms. The second-order valence-corrected chi connectivity index (χ2v) is 5.34. The molecule has 1 saturated carbocycles. The van der Waals surface area contributed by atoms with Gasteiger partial charge in [-0.25, -0.2) is 4.79 Å². The summed E-state index contributed by atoms with van der Waals surface area (Å²) in [7, 11) is 0. The van der Waals surface area contributed by atoms with E-state index in [9.17, 15) is 4.79 Å². The van der Waals surface area contributed by atoms with Gasteiger partial charge in [0, 0.05) is 12.6 Å². The van der Waals surface area contributed by atoms with Gasteiger partial charge in [0.2, 0.25) is 0 Å². The molecule has 1 aliphatic rings. The molecule has 1 aliphatic carbocycles. The maximum atomic E-state index is 12.0. The quantitative estimate of drug-likeness (QED) is 0.848. The van der Waals surface area contributed by atoms with Crippen molar-refractivity contribution in [2.75, 3.05) is 0 Å². The van der Waals surface area contributed by atoms with Gasteiger partial charge in [-0.05, 0) is 43.7 Å². The molecule has 0 spiro atoms. The van der Waals surface area contributed by atoms with Crippen molar-refractivity contribution in [3.8, 4) is 0 Å². The lowest BCUT2D eigenvalue weighted by Gasteiger charge is -2.26. The van der Waals surface area contributed by atoms with Crippen LogP contribution in [0.25, 0.3) is 11.0 Å². The van der Waals surface area contributed by atoms with Crippen LogP contribution in [0, 0.1) is 5.92 Å². The van der Waals surface area contributed by atoms with Crippen molar-refractivity contribution in [1.82, 2.24) is 9.55 Å². The van der Waals surface area contributed by atoms with Gasteiger partial charge >= 0.3 is 5.69 Å². The summed E-state index contributed by atoms with van der Waals surface area (Å²) in [6, 6.07) is 8.23. The molecular formula is C14H19N3O. The summed E-state index contributed by atoms with van der Waals surface area (Å²) in [5.74, 6) is 0.585. The fraction of sp³-hybridized carbons (Fsp3) is 0.500. The van der Waals surface area contributed by atoms with E-state index in [-0.39, 0.29) is 5.69 Å². The van der Waals surface area contributed by atoms with E-state index in [0.29, 0.717) is 12.0 Å². The Balaban J connectivity index is 1.86. The molecule has 3 rings (SSSR count). The van der Waals surface area contributed by atoms with Gasteiger partial charge in [0.1, 0.15) is 0 Å². The SMILES string of the molecule is NC1CCC(Cn2c(=O)[nH]c3ccccc32)CC1. The smallest absolute Gasteiger partial charge is 0.326 e. The maximum Gasteiger partial charge on any atom is 0.326 e. The highest BCUT2D eigenvalue weighted by Crippen LogP contribution is 2.25. The van der Waals surface area contributed by atoms with E-state index in [0.717, 1.165) is 43.3 Å². The lowest BCUT2D eigenvalue weighted by atomic mass is 9.86. The minimum Gasteiger partial charge on any atom is -0.328 e. The largest absolute Gasteiger partial charge is 0.328 e. The lowest BCUT2D eigenvalue weighted by molar-refractivity contribution is 0.295. The summed E-state index contributed by atoms with van der Waals surface area (Å²) >= 11 is 0. The van der Waals surface area contributed by atoms with Gasteiger partial charge in [-0.2, -0.15) is 0 Å². The van der Waals surface area contributed by atoms with Crippen LogP contribution in [0.15, 0.2) is 29.1 Å². The Kier molecular flexibility index (Phi) is 2.96. The molecule has 18 heavy (non-hydrogen) atoms. The van der Waals surface area contributed by atoms with Crippen LogP contribution in [0.4, 0.5) is 0 Å². The summed E-state index contributed by atoms with van der Waals surface area (Å²) in [6.45, 7) is 0.815. The molecule has 1 fully saturated rings. The third-order valence-corrected chi connectivity index (χ3v) is 4.01. The zero-order valence-corrected chi connectivity index (χ0v) is 10.4. The first-order chi connectivity index (χ1) is 8.74. The molecule has 4 nitrogen and oxygen atoms in total. The molecule has 3 N–H and O–H groups in total. The summed E-state index contributed by atoms with van der Waals surface area (Å²) in [4.78, 5) is 14.9. The Labute approximate surface area is 106 Å². The highest BCUT2D eigenvalue weighted by atomic mass is 16.1. The molecule has 1 aromatic heterocycles. The van der Waals surface area contributed by atoms with Crippen LogP contribution < -0.4 is 11.4 Å². The van der Waals surface area contributed by atoms with Crippen LogP contribution in [0.3, 0.4) is 0 Å². The van der Waals surface area contributed by atoms with Crippen LogP contribution >= 0.6 is 0 Å². The van der Waals surface area contributed by atoms with Gasteiger partial charge < -0.3 is 10.7 Å². The van der Waals surface area contributed by atoms with Gasteiger partial charge in [0.05, 0.1) is 11.0 Å². The van der Waals surface area contributed by atoms with Crippen LogP contribution in [0.5, 0.6) is 0 Å². The topological polar surface area (TPSA) is 63.8 Å². The maximum absolute atomic E-state index is 12.0. The van der Waals surface area contributed by atoms with E-state index in [4.69, 9.17) is 5.73 Å². The normalized spacial score (nSPS) is 24.5. The molecule has 0 saturated heterocycles. The number of fused-ring (bicyclic) bond motifs is 1. The Bertz CT molecular complexity index is 590. The van der Waals surface area contributed by atoms with Crippen molar-refractivity contribution in [3.05, 3.63) is 34.7 Å². The van der Waals surface area contributed by atoms with E-state index in [1.54, 1.807) is 0 Å². The van der Waals surface area contributed by atoms with Crippen molar-refractivity contribution in [1.29, 1.82) is 0 Å². The van der Waals surface area contributed by atoms with E-state index >= 15 is 0 Å². The molecule has 96 valence electrons. The minimum atomic E-state index is 0.00562. The molecule has 0 aliphatic heterocycles. The van der Waals surface area contributed by atoms with Crippen LogP contribution in [-0.2, 0) is 6.54 Å². The van der Waals surface area contributed by atoms with E-state index in [1.165, 1.54) is 0 Å². The first kappa shape index (κ1) is 11.5. The first-order valence-corrected chi connectivity index (χ1v) is 6.67. The number of nitrogens with two attached hydrogens (primary N) is 1. The molecule has 0 bridgehead atoms. The summed E-state index contributed by atoms with van der Waals surface area (Å²) in [6.07, 6.45) is 4.43. The standard InChI is InChI=1S/C14H19N3O/c15-11-7-5-10(6-8-11)9-17-13-4-2-1-3-12(13)16-14(17)18/h1-4,10-11H,5-9,15H2,(H,16,18). The van der Waals surface area contributed by atoms with Gasteiger partial charge in [-0.15, -0.1) is 0 Å². The Hall–Kier alpha value is -1.55. The van der Waals surface area contributed by atoms with Gasteiger partial charge in [-0.3, -0.25) is 4.57 Å². The Morgan fingerprint density at radius 2 is 1.94 bits per heavy atom.